The van der Waals surface area contributed by atoms with Crippen LogP contribution in [0.3, 0.4) is 0 Å². The SMILES string of the molecule is CCC[CH2][Sn]([CH2]CCC)([CH2]CCC)[c]1ccc(C(=O)NCCCCC(NC(=O)NC(CCC(=O)O)C(=O)O)C(=O)OCc2ccc(OC)cc2)cc1. The minimum atomic E-state index is -2.60. The molecule has 0 fully saturated rings. The van der Waals surface area contributed by atoms with Gasteiger partial charge < -0.3 is 25.0 Å². The Hall–Kier alpha value is -3.81. The van der Waals surface area contributed by atoms with E-state index in [9.17, 15) is 29.1 Å². The van der Waals surface area contributed by atoms with Crippen molar-refractivity contribution < 1.29 is 43.7 Å². The van der Waals surface area contributed by atoms with Crippen LogP contribution in [0.2, 0.25) is 13.3 Å². The molecule has 0 aliphatic rings. The first-order valence-corrected chi connectivity index (χ1v) is 26.2. The van der Waals surface area contributed by atoms with Crippen molar-refractivity contribution >= 4 is 51.8 Å². The van der Waals surface area contributed by atoms with Crippen LogP contribution in [0.4, 0.5) is 4.79 Å². The minimum absolute atomic E-state index is 0.0610. The van der Waals surface area contributed by atoms with Crippen molar-refractivity contribution in [2.24, 2.45) is 0 Å². The number of carbonyl (C=O) groups excluding carboxylic acids is 3. The molecule has 0 saturated carbocycles. The van der Waals surface area contributed by atoms with Crippen LogP contribution >= 0.6 is 0 Å². The van der Waals surface area contributed by atoms with Crippen molar-refractivity contribution in [3.8, 4) is 5.75 Å². The normalized spacial score (nSPS) is 12.3. The number of urea groups is 1. The van der Waals surface area contributed by atoms with Crippen molar-refractivity contribution in [2.45, 2.75) is 123 Å². The Morgan fingerprint density at radius 3 is 1.83 bits per heavy atom. The topological polar surface area (TPSA) is 180 Å². The number of carbonyl (C=O) groups is 5. The monoisotopic (exact) mass is 833 g/mol. The molecule has 12 nitrogen and oxygen atoms in total. The molecule has 0 aliphatic carbocycles. The number of methoxy groups -OCH3 is 1. The molecule has 5 N–H and O–H groups in total. The molecule has 0 heterocycles. The first kappa shape index (κ1) is 44.3. The van der Waals surface area contributed by atoms with Crippen LogP contribution in [-0.2, 0) is 25.7 Å². The summed E-state index contributed by atoms with van der Waals surface area (Å²) in [4.78, 5) is 61.4. The Morgan fingerprint density at radius 1 is 0.731 bits per heavy atom. The van der Waals surface area contributed by atoms with Gasteiger partial charge in [0, 0.05) is 6.42 Å². The predicted octanol–water partition coefficient (Wildman–Crippen LogP) is 6.38. The molecular weight excluding hydrogens is 773 g/mol. The molecule has 2 unspecified atom stereocenters. The van der Waals surface area contributed by atoms with Gasteiger partial charge in [-0.3, -0.25) is 4.79 Å². The summed E-state index contributed by atoms with van der Waals surface area (Å²) in [5.74, 6) is -2.84. The maximum absolute atomic E-state index is 13.1. The molecule has 0 spiro atoms. The summed E-state index contributed by atoms with van der Waals surface area (Å²) in [6.45, 7) is 7.07. The van der Waals surface area contributed by atoms with Gasteiger partial charge in [-0.05, 0) is 24.1 Å². The zero-order valence-electron chi connectivity index (χ0n) is 31.3. The standard InChI is InChI=1S/C27H32N3O9.3C4H9.Sn/c1-38-20-12-10-18(11-13-20)17-39-26(36)22(30-27(37)29-21(25(34)35)14-15-23(31)32)9-5-6-16-28-24(33)19-7-3-2-4-8-19;3*1-3-4-2;/h3-4,7-8,10-13,21-22H,5-6,9,14-17H2,1H3,(H,28,33)(H,31,32)(H,34,35)(H2,29,30,37);3*1,3-4H2,2H3;. The summed E-state index contributed by atoms with van der Waals surface area (Å²) in [5, 5.41) is 26.0. The maximum atomic E-state index is 13.1. The molecule has 0 radical (unpaired) electrons. The van der Waals surface area contributed by atoms with E-state index in [-0.39, 0.29) is 25.4 Å². The fourth-order valence-electron chi connectivity index (χ4n) is 6.22. The molecule has 2 aromatic carbocycles. The van der Waals surface area contributed by atoms with E-state index >= 15 is 0 Å². The number of benzene rings is 2. The van der Waals surface area contributed by atoms with Crippen molar-refractivity contribution in [1.29, 1.82) is 0 Å². The Balaban J connectivity index is 2.02. The van der Waals surface area contributed by atoms with E-state index < -0.39 is 60.8 Å². The van der Waals surface area contributed by atoms with Gasteiger partial charge in [0.1, 0.15) is 18.4 Å². The van der Waals surface area contributed by atoms with Crippen LogP contribution in [0.1, 0.15) is 107 Å². The second kappa shape index (κ2) is 24.4. The second-order valence-electron chi connectivity index (χ2n) is 13.4. The zero-order chi connectivity index (χ0) is 38.4. The molecule has 2 aromatic rings. The first-order valence-electron chi connectivity index (χ1n) is 18.7. The number of esters is 1. The number of unbranched alkanes of at least 4 members (excludes halogenated alkanes) is 4. The Bertz CT molecular complexity index is 1380. The number of hydrogen-bond acceptors (Lipinski definition) is 7. The Labute approximate surface area is 312 Å². The number of hydrogen-bond donors (Lipinski definition) is 5. The van der Waals surface area contributed by atoms with Crippen molar-refractivity contribution in [2.75, 3.05) is 13.7 Å². The molecule has 13 heteroatoms. The van der Waals surface area contributed by atoms with Gasteiger partial charge in [-0.1, -0.05) is 12.1 Å². The number of aliphatic carboxylic acids is 2. The third-order valence-electron chi connectivity index (χ3n) is 9.37. The van der Waals surface area contributed by atoms with Crippen LogP contribution in [0.15, 0.2) is 48.5 Å². The predicted molar refractivity (Wildman–Crippen MR) is 204 cm³/mol. The van der Waals surface area contributed by atoms with E-state index in [0.717, 1.165) is 0 Å². The number of nitrogens with one attached hydrogen (secondary N) is 3. The van der Waals surface area contributed by atoms with E-state index in [4.69, 9.17) is 14.6 Å². The van der Waals surface area contributed by atoms with Gasteiger partial charge in [0.05, 0.1) is 7.11 Å². The van der Waals surface area contributed by atoms with E-state index in [0.29, 0.717) is 36.3 Å². The molecule has 0 bridgehead atoms. The summed E-state index contributed by atoms with van der Waals surface area (Å²) < 4.78 is 16.2. The summed E-state index contributed by atoms with van der Waals surface area (Å²) in [6, 6.07) is 11.7. The number of rotatable bonds is 26. The molecule has 288 valence electrons. The second-order valence-corrected chi connectivity index (χ2v) is 26.6. The van der Waals surface area contributed by atoms with Crippen LogP contribution in [0, 0.1) is 0 Å². The van der Waals surface area contributed by atoms with E-state index in [1.807, 2.05) is 12.1 Å². The van der Waals surface area contributed by atoms with E-state index in [2.05, 4.69) is 48.9 Å². The number of carboxylic acids is 2. The van der Waals surface area contributed by atoms with E-state index in [1.165, 1.54) is 55.4 Å². The molecule has 0 saturated heterocycles. The molecule has 52 heavy (non-hydrogen) atoms. The van der Waals surface area contributed by atoms with Crippen LogP contribution in [0.25, 0.3) is 0 Å². The van der Waals surface area contributed by atoms with Gasteiger partial charge in [0.2, 0.25) is 0 Å². The van der Waals surface area contributed by atoms with Gasteiger partial charge >= 0.3 is 202 Å². The van der Waals surface area contributed by atoms with Gasteiger partial charge in [-0.2, -0.15) is 0 Å². The third-order valence-corrected chi connectivity index (χ3v) is 25.0. The molecule has 0 aromatic heterocycles. The Morgan fingerprint density at radius 2 is 1.31 bits per heavy atom. The first-order chi connectivity index (χ1) is 25.0. The molecular formula is C39H59N3O9Sn. The van der Waals surface area contributed by atoms with Gasteiger partial charge in [-0.25, -0.2) is 14.4 Å². The van der Waals surface area contributed by atoms with Gasteiger partial charge in [0.25, 0.3) is 0 Å². The summed E-state index contributed by atoms with van der Waals surface area (Å²) in [6.07, 6.45) is 7.73. The van der Waals surface area contributed by atoms with E-state index in [1.54, 1.807) is 31.4 Å². The summed E-state index contributed by atoms with van der Waals surface area (Å²) >= 11 is -2.60. The van der Waals surface area contributed by atoms with Crippen LogP contribution in [-0.4, -0.2) is 84.2 Å². The summed E-state index contributed by atoms with van der Waals surface area (Å²) in [5.41, 5.74) is 1.31. The van der Waals surface area contributed by atoms with Crippen LogP contribution in [0.5, 0.6) is 5.75 Å². The number of ether oxygens (including phenoxy) is 2. The molecule has 2 rings (SSSR count). The van der Waals surface area contributed by atoms with Crippen molar-refractivity contribution in [1.82, 2.24) is 16.0 Å². The molecule has 2 atom stereocenters. The van der Waals surface area contributed by atoms with Crippen molar-refractivity contribution in [3.63, 3.8) is 0 Å². The quantitative estimate of drug-likeness (QED) is 0.0409. The van der Waals surface area contributed by atoms with Gasteiger partial charge in [-0.15, -0.1) is 0 Å². The average Bonchev–Trinajstić information content (AvgIpc) is 3.14. The average molecular weight is 833 g/mol. The molecule has 3 amide bonds. The fraction of sp³-hybridized carbons (Fsp3) is 0.564. The third kappa shape index (κ3) is 15.8. The zero-order valence-corrected chi connectivity index (χ0v) is 34.2. The summed E-state index contributed by atoms with van der Waals surface area (Å²) in [7, 11) is 1.54. The van der Waals surface area contributed by atoms with Crippen molar-refractivity contribution in [3.05, 3.63) is 59.7 Å². The molecule has 0 aliphatic heterocycles. The van der Waals surface area contributed by atoms with Gasteiger partial charge in [0.15, 0.2) is 0 Å². The number of carboxylic acid groups (broad SMARTS) is 2. The fourth-order valence-corrected chi connectivity index (χ4v) is 22.1. The van der Waals surface area contributed by atoms with Crippen LogP contribution < -0.4 is 24.3 Å². The Kier molecular flexibility index (Phi) is 20.8. The number of amides is 3.